The molecule has 0 saturated carbocycles. The number of tetrazole rings is 1. The highest BCUT2D eigenvalue weighted by atomic mass is 19.1. The zero-order chi connectivity index (χ0) is 16.7. The third kappa shape index (κ3) is 5.46. The Labute approximate surface area is 131 Å². The molecule has 2 rings (SSSR count). The lowest BCUT2D eigenvalue weighted by molar-refractivity contribution is -0.139. The summed E-state index contributed by atoms with van der Waals surface area (Å²) in [4.78, 5) is 23.9. The average molecular weight is 321 g/mol. The minimum atomic E-state index is -0.478. The third-order valence-corrected chi connectivity index (χ3v) is 2.96. The molecule has 0 bridgehead atoms. The second kappa shape index (κ2) is 7.97. The Hall–Kier alpha value is -2.84. The first kappa shape index (κ1) is 16.5. The lowest BCUT2D eigenvalue weighted by atomic mass is 10.1. The number of nitrogens with zero attached hydrogens (tertiary/aromatic N) is 4. The average Bonchev–Trinajstić information content (AvgIpc) is 2.96. The highest BCUT2D eigenvalue weighted by molar-refractivity contribution is 5.75. The Morgan fingerprint density at radius 1 is 1.30 bits per heavy atom. The summed E-state index contributed by atoms with van der Waals surface area (Å²) in [6.45, 7) is 0.311. The van der Waals surface area contributed by atoms with Crippen molar-refractivity contribution in [2.24, 2.45) is 0 Å². The number of carbonyl (C=O) groups is 2. The molecule has 0 fully saturated rings. The van der Waals surface area contributed by atoms with Gasteiger partial charge >= 0.3 is 5.97 Å². The van der Waals surface area contributed by atoms with Crippen molar-refractivity contribution >= 4 is 11.9 Å². The van der Waals surface area contributed by atoms with Gasteiger partial charge in [0.25, 0.3) is 0 Å². The first-order valence-corrected chi connectivity index (χ1v) is 6.91. The predicted molar refractivity (Wildman–Crippen MR) is 76.7 cm³/mol. The van der Waals surface area contributed by atoms with Crippen molar-refractivity contribution < 1.29 is 18.7 Å². The van der Waals surface area contributed by atoms with Gasteiger partial charge in [0.2, 0.25) is 5.91 Å². The van der Waals surface area contributed by atoms with E-state index in [9.17, 15) is 14.0 Å². The van der Waals surface area contributed by atoms with E-state index in [1.54, 1.807) is 12.1 Å². The van der Waals surface area contributed by atoms with E-state index >= 15 is 0 Å². The molecule has 0 atom stereocenters. The molecule has 23 heavy (non-hydrogen) atoms. The van der Waals surface area contributed by atoms with Crippen molar-refractivity contribution in [3.63, 3.8) is 0 Å². The van der Waals surface area contributed by atoms with E-state index in [0.717, 1.165) is 10.4 Å². The summed E-state index contributed by atoms with van der Waals surface area (Å²) in [5, 5.41) is 14.0. The summed E-state index contributed by atoms with van der Waals surface area (Å²) < 4.78 is 17.3. The van der Waals surface area contributed by atoms with E-state index < -0.39 is 5.97 Å². The van der Waals surface area contributed by atoms with E-state index in [2.05, 4.69) is 25.5 Å². The highest BCUT2D eigenvalue weighted by Gasteiger charge is 2.11. The van der Waals surface area contributed by atoms with Crippen LogP contribution in [0.2, 0.25) is 0 Å². The van der Waals surface area contributed by atoms with Gasteiger partial charge in [0.1, 0.15) is 18.8 Å². The molecule has 0 aliphatic heterocycles. The lowest BCUT2D eigenvalue weighted by Gasteiger charge is -2.04. The largest absolute Gasteiger partial charge is 0.469 e. The van der Waals surface area contributed by atoms with Gasteiger partial charge in [-0.1, -0.05) is 12.1 Å². The van der Waals surface area contributed by atoms with Crippen LogP contribution in [0.15, 0.2) is 24.3 Å². The van der Waals surface area contributed by atoms with Gasteiger partial charge in [0.05, 0.1) is 7.11 Å². The van der Waals surface area contributed by atoms with Gasteiger partial charge in [-0.05, 0) is 29.3 Å². The predicted octanol–water partition coefficient (Wildman–Crippen LogP) is -0.113. The van der Waals surface area contributed by atoms with Crippen molar-refractivity contribution in [1.82, 2.24) is 25.5 Å². The highest BCUT2D eigenvalue weighted by Crippen LogP contribution is 2.02. The molecule has 9 heteroatoms. The molecule has 122 valence electrons. The molecule has 1 heterocycles. The Balaban J connectivity index is 1.74. The van der Waals surface area contributed by atoms with Crippen LogP contribution in [0.1, 0.15) is 11.4 Å². The van der Waals surface area contributed by atoms with Crippen LogP contribution in [0, 0.1) is 5.82 Å². The summed E-state index contributed by atoms with van der Waals surface area (Å²) in [5.41, 5.74) is 0.922. The molecule has 2 aromatic rings. The number of esters is 1. The lowest BCUT2D eigenvalue weighted by Crippen LogP contribution is -2.30. The molecule has 1 aromatic heterocycles. The maximum absolute atomic E-state index is 12.8. The summed E-state index contributed by atoms with van der Waals surface area (Å²) in [5.74, 6) is -0.865. The number of amides is 1. The molecule has 1 aromatic carbocycles. The molecule has 0 aliphatic carbocycles. The normalized spacial score (nSPS) is 10.3. The van der Waals surface area contributed by atoms with Gasteiger partial charge < -0.3 is 10.1 Å². The molecule has 0 unspecified atom stereocenters. The van der Waals surface area contributed by atoms with Gasteiger partial charge in [0, 0.05) is 6.54 Å². The van der Waals surface area contributed by atoms with E-state index in [0.29, 0.717) is 13.0 Å². The number of carbonyl (C=O) groups excluding carboxylic acids is 2. The minimum Gasteiger partial charge on any atom is -0.469 e. The number of benzene rings is 1. The molecule has 0 radical (unpaired) electrons. The van der Waals surface area contributed by atoms with Crippen molar-refractivity contribution in [2.75, 3.05) is 13.7 Å². The van der Waals surface area contributed by atoms with Crippen molar-refractivity contribution in [3.05, 3.63) is 41.5 Å². The molecule has 1 amide bonds. The molecule has 0 aliphatic rings. The van der Waals surface area contributed by atoms with Gasteiger partial charge in [-0.3, -0.25) is 9.59 Å². The van der Waals surface area contributed by atoms with Crippen LogP contribution in [0.25, 0.3) is 0 Å². The molecule has 1 N–H and O–H groups in total. The van der Waals surface area contributed by atoms with Crippen LogP contribution in [0.3, 0.4) is 0 Å². The SMILES string of the molecule is COC(=O)Cc1nnn(CC(=O)NCCc2ccc(F)cc2)n1. The van der Waals surface area contributed by atoms with Crippen LogP contribution in [-0.4, -0.2) is 45.7 Å². The van der Waals surface area contributed by atoms with Crippen LogP contribution in [-0.2, 0) is 33.7 Å². The number of aromatic nitrogens is 4. The topological polar surface area (TPSA) is 99.0 Å². The second-order valence-corrected chi connectivity index (χ2v) is 4.72. The first-order chi connectivity index (χ1) is 11.1. The fraction of sp³-hybridized carbons (Fsp3) is 0.357. The number of hydrogen-bond acceptors (Lipinski definition) is 6. The van der Waals surface area contributed by atoms with Crippen molar-refractivity contribution in [2.45, 2.75) is 19.4 Å². The molecule has 0 spiro atoms. The Kier molecular flexibility index (Phi) is 5.73. The van der Waals surface area contributed by atoms with Crippen LogP contribution in [0.5, 0.6) is 0 Å². The summed E-state index contributed by atoms with van der Waals surface area (Å²) in [7, 11) is 1.27. The minimum absolute atomic E-state index is 0.0946. The van der Waals surface area contributed by atoms with Crippen LogP contribution >= 0.6 is 0 Å². The number of rotatable bonds is 7. The van der Waals surface area contributed by atoms with E-state index in [4.69, 9.17) is 0 Å². The quantitative estimate of drug-likeness (QED) is 0.714. The Morgan fingerprint density at radius 2 is 2.04 bits per heavy atom. The number of nitrogens with one attached hydrogen (secondary N) is 1. The Bertz CT molecular complexity index is 671. The van der Waals surface area contributed by atoms with E-state index in [1.165, 1.54) is 19.2 Å². The van der Waals surface area contributed by atoms with Gasteiger partial charge in [0.15, 0.2) is 5.82 Å². The monoisotopic (exact) mass is 321 g/mol. The first-order valence-electron chi connectivity index (χ1n) is 6.91. The van der Waals surface area contributed by atoms with Gasteiger partial charge in [-0.2, -0.15) is 4.80 Å². The summed E-state index contributed by atoms with van der Waals surface area (Å²) in [6.07, 6.45) is 0.493. The van der Waals surface area contributed by atoms with Crippen LogP contribution in [0.4, 0.5) is 4.39 Å². The maximum atomic E-state index is 12.8. The summed E-state index contributed by atoms with van der Waals surface area (Å²) >= 11 is 0. The Morgan fingerprint density at radius 3 is 2.74 bits per heavy atom. The fourth-order valence-electron chi connectivity index (χ4n) is 1.80. The summed E-state index contributed by atoms with van der Waals surface area (Å²) in [6, 6.07) is 6.08. The van der Waals surface area contributed by atoms with Crippen molar-refractivity contribution in [1.29, 1.82) is 0 Å². The number of hydrogen-bond donors (Lipinski definition) is 1. The molecular formula is C14H16FN5O3. The van der Waals surface area contributed by atoms with Crippen LogP contribution < -0.4 is 5.32 Å². The smallest absolute Gasteiger partial charge is 0.313 e. The second-order valence-electron chi connectivity index (χ2n) is 4.72. The van der Waals surface area contributed by atoms with Gasteiger partial charge in [-0.25, -0.2) is 4.39 Å². The standard InChI is InChI=1S/C14H16FN5O3/c1-23-14(22)8-12-17-19-20(18-12)9-13(21)16-7-6-10-2-4-11(15)5-3-10/h2-5H,6-9H2,1H3,(H,16,21). The zero-order valence-electron chi connectivity index (χ0n) is 12.5. The van der Waals surface area contributed by atoms with E-state index in [-0.39, 0.29) is 30.5 Å². The zero-order valence-corrected chi connectivity index (χ0v) is 12.5. The maximum Gasteiger partial charge on any atom is 0.313 e. The molecular weight excluding hydrogens is 305 g/mol. The molecule has 0 saturated heterocycles. The number of methoxy groups -OCH3 is 1. The number of halogens is 1. The van der Waals surface area contributed by atoms with E-state index in [1.807, 2.05) is 0 Å². The third-order valence-electron chi connectivity index (χ3n) is 2.96. The number of ether oxygens (including phenoxy) is 1. The van der Waals surface area contributed by atoms with Crippen molar-refractivity contribution in [3.8, 4) is 0 Å². The molecule has 8 nitrogen and oxygen atoms in total. The fourth-order valence-corrected chi connectivity index (χ4v) is 1.80. The van der Waals surface area contributed by atoms with Gasteiger partial charge in [-0.15, -0.1) is 10.2 Å².